The molecule has 1 rings (SSSR count). The van der Waals surface area contributed by atoms with E-state index in [1.165, 1.54) is 0 Å². The van der Waals surface area contributed by atoms with Gasteiger partial charge in [0, 0.05) is 0 Å². The van der Waals surface area contributed by atoms with E-state index in [0.29, 0.717) is 5.56 Å². The monoisotopic (exact) mass is 165 g/mol. The van der Waals surface area contributed by atoms with E-state index in [0.717, 1.165) is 0 Å². The summed E-state index contributed by atoms with van der Waals surface area (Å²) in [6.07, 6.45) is 0. The molecular formula is C7H4CuN. The van der Waals surface area contributed by atoms with Crippen molar-refractivity contribution < 1.29 is 17.1 Å². The Morgan fingerprint density at radius 2 is 1.89 bits per heavy atom. The van der Waals surface area contributed by atoms with E-state index in [4.69, 9.17) is 5.26 Å². The van der Waals surface area contributed by atoms with Crippen molar-refractivity contribution in [2.24, 2.45) is 0 Å². The van der Waals surface area contributed by atoms with Gasteiger partial charge in [0.2, 0.25) is 0 Å². The van der Waals surface area contributed by atoms with Gasteiger partial charge in [-0.05, 0) is 0 Å². The summed E-state index contributed by atoms with van der Waals surface area (Å²) in [4.78, 5) is 0. The van der Waals surface area contributed by atoms with Gasteiger partial charge < -0.3 is 0 Å². The zero-order valence-corrected chi connectivity index (χ0v) is 5.50. The predicted molar refractivity (Wildman–Crippen MR) is 30.0 cm³/mol. The number of nitriles is 1. The summed E-state index contributed by atoms with van der Waals surface area (Å²) in [7, 11) is 0. The van der Waals surface area contributed by atoms with E-state index in [-0.39, 0.29) is 17.1 Å². The topological polar surface area (TPSA) is 23.8 Å². The van der Waals surface area contributed by atoms with Crippen LogP contribution in [0.25, 0.3) is 0 Å². The Labute approximate surface area is 64.8 Å². The molecule has 0 saturated heterocycles. The molecule has 0 saturated carbocycles. The first-order chi connectivity index (χ1) is 3.93. The Morgan fingerprint density at radius 3 is 2.22 bits per heavy atom. The zero-order valence-electron chi connectivity index (χ0n) is 4.56. The van der Waals surface area contributed by atoms with Gasteiger partial charge in [-0.15, -0.1) is 0 Å². The second-order valence-electron chi connectivity index (χ2n) is 1.40. The van der Waals surface area contributed by atoms with Crippen LogP contribution in [0.1, 0.15) is 5.56 Å². The SMILES string of the molecule is N#Cc1cc[c-]cc1.[Cu+]. The number of benzene rings is 1. The van der Waals surface area contributed by atoms with Crippen molar-refractivity contribution in [2.75, 3.05) is 0 Å². The molecule has 48 valence electrons. The van der Waals surface area contributed by atoms with Crippen molar-refractivity contribution in [1.82, 2.24) is 0 Å². The maximum atomic E-state index is 8.27. The van der Waals surface area contributed by atoms with E-state index < -0.39 is 0 Å². The fourth-order valence-corrected chi connectivity index (χ4v) is 0.461. The van der Waals surface area contributed by atoms with Crippen LogP contribution in [0.5, 0.6) is 0 Å². The molecule has 0 fully saturated rings. The Bertz CT molecular complexity index is 200. The van der Waals surface area contributed by atoms with Crippen LogP contribution < -0.4 is 0 Å². The van der Waals surface area contributed by atoms with E-state index in [1.807, 2.05) is 6.07 Å². The van der Waals surface area contributed by atoms with Crippen LogP contribution in [0.2, 0.25) is 0 Å². The molecule has 0 aliphatic rings. The van der Waals surface area contributed by atoms with E-state index >= 15 is 0 Å². The molecule has 0 atom stereocenters. The first kappa shape index (κ1) is 8.23. The Hall–Kier alpha value is -0.771. The van der Waals surface area contributed by atoms with Gasteiger partial charge in [0.25, 0.3) is 0 Å². The summed E-state index contributed by atoms with van der Waals surface area (Å²) < 4.78 is 0. The first-order valence-electron chi connectivity index (χ1n) is 2.29. The van der Waals surface area contributed by atoms with Gasteiger partial charge in [0.05, 0.1) is 6.07 Å². The normalized spacial score (nSPS) is 7.00. The smallest absolute Gasteiger partial charge is 0.195 e. The molecule has 0 spiro atoms. The Balaban J connectivity index is 0.000000640. The van der Waals surface area contributed by atoms with E-state index in [1.54, 1.807) is 24.3 Å². The van der Waals surface area contributed by atoms with Crippen molar-refractivity contribution in [3.8, 4) is 6.07 Å². The molecule has 2 heteroatoms. The summed E-state index contributed by atoms with van der Waals surface area (Å²) in [6.45, 7) is 0. The summed E-state index contributed by atoms with van der Waals surface area (Å²) in [5.74, 6) is 0. The average molecular weight is 166 g/mol. The molecule has 0 N–H and O–H groups in total. The minimum absolute atomic E-state index is 0. The number of nitrogens with zero attached hydrogens (tertiary/aromatic N) is 1. The van der Waals surface area contributed by atoms with Crippen LogP contribution in [-0.4, -0.2) is 0 Å². The largest absolute Gasteiger partial charge is 1.00 e. The molecule has 0 aromatic heterocycles. The standard InChI is InChI=1S/C7H4N.Cu/c8-6-7-4-2-1-3-5-7;/h2-5H;/q-1;+1. The summed E-state index contributed by atoms with van der Waals surface area (Å²) >= 11 is 0. The molecule has 0 unspecified atom stereocenters. The van der Waals surface area contributed by atoms with Crippen LogP contribution in [0.4, 0.5) is 0 Å². The third kappa shape index (κ3) is 2.32. The van der Waals surface area contributed by atoms with Gasteiger partial charge in [0.1, 0.15) is 0 Å². The fraction of sp³-hybridized carbons (Fsp3) is 0. The summed E-state index contributed by atoms with van der Waals surface area (Å²) in [5.41, 5.74) is 0.684. The van der Waals surface area contributed by atoms with Crippen molar-refractivity contribution in [2.45, 2.75) is 0 Å². The van der Waals surface area contributed by atoms with Crippen LogP contribution in [0, 0.1) is 17.4 Å². The quantitative estimate of drug-likeness (QED) is 0.421. The number of hydrogen-bond acceptors (Lipinski definition) is 1. The maximum absolute atomic E-state index is 8.27. The van der Waals surface area contributed by atoms with Gasteiger partial charge in [-0.25, -0.2) is 0 Å². The van der Waals surface area contributed by atoms with E-state index in [9.17, 15) is 0 Å². The molecule has 0 aliphatic carbocycles. The van der Waals surface area contributed by atoms with Gasteiger partial charge in [-0.2, -0.15) is 35.6 Å². The third-order valence-corrected chi connectivity index (χ3v) is 0.847. The van der Waals surface area contributed by atoms with Crippen molar-refractivity contribution in [1.29, 1.82) is 5.26 Å². The first-order valence-corrected chi connectivity index (χ1v) is 2.29. The molecule has 1 aromatic rings. The molecule has 1 aromatic carbocycles. The molecule has 1 nitrogen and oxygen atoms in total. The van der Waals surface area contributed by atoms with Crippen LogP contribution in [0.3, 0.4) is 0 Å². The van der Waals surface area contributed by atoms with Gasteiger partial charge in [-0.1, -0.05) is 5.56 Å². The third-order valence-electron chi connectivity index (χ3n) is 0.847. The minimum Gasteiger partial charge on any atom is -0.195 e. The van der Waals surface area contributed by atoms with Crippen molar-refractivity contribution >= 4 is 0 Å². The maximum Gasteiger partial charge on any atom is 1.00 e. The summed E-state index contributed by atoms with van der Waals surface area (Å²) in [6, 6.07) is 11.7. The molecular weight excluding hydrogens is 162 g/mol. The molecule has 0 aliphatic heterocycles. The molecule has 9 heavy (non-hydrogen) atoms. The Morgan fingerprint density at radius 1 is 1.33 bits per heavy atom. The fourth-order valence-electron chi connectivity index (χ4n) is 0.461. The number of rotatable bonds is 0. The summed E-state index contributed by atoms with van der Waals surface area (Å²) in [5, 5.41) is 8.27. The van der Waals surface area contributed by atoms with Crippen molar-refractivity contribution in [3.05, 3.63) is 35.9 Å². The zero-order chi connectivity index (χ0) is 5.82. The van der Waals surface area contributed by atoms with E-state index in [2.05, 4.69) is 6.07 Å². The number of hydrogen-bond donors (Lipinski definition) is 0. The average Bonchev–Trinajstić information content (AvgIpc) is 1.90. The van der Waals surface area contributed by atoms with Gasteiger partial charge in [0.15, 0.2) is 0 Å². The molecule has 0 bridgehead atoms. The van der Waals surface area contributed by atoms with Crippen LogP contribution >= 0.6 is 0 Å². The van der Waals surface area contributed by atoms with Gasteiger partial charge >= 0.3 is 17.1 Å². The predicted octanol–water partition coefficient (Wildman–Crippen LogP) is 1.36. The minimum atomic E-state index is 0. The molecule has 0 heterocycles. The van der Waals surface area contributed by atoms with Gasteiger partial charge in [-0.3, -0.25) is 0 Å². The van der Waals surface area contributed by atoms with Crippen LogP contribution in [0.15, 0.2) is 24.3 Å². The Kier molecular flexibility index (Phi) is 3.79. The second kappa shape index (κ2) is 4.14. The van der Waals surface area contributed by atoms with Crippen LogP contribution in [-0.2, 0) is 17.1 Å². The second-order valence-corrected chi connectivity index (χ2v) is 1.40. The molecule has 0 amide bonds. The molecule has 0 radical (unpaired) electrons. The van der Waals surface area contributed by atoms with Crippen molar-refractivity contribution in [3.63, 3.8) is 0 Å².